The molecule has 0 heterocycles. The molecule has 0 saturated carbocycles. The molecule has 0 aromatic heterocycles. The molecule has 0 unspecified atom stereocenters. The SMILES string of the molecule is Cc1cccc(Cl)c1CCCN(C)C. The minimum absolute atomic E-state index is 0.906. The Balaban J connectivity index is 2.58. The lowest BCUT2D eigenvalue weighted by Crippen LogP contribution is -2.13. The Morgan fingerprint density at radius 3 is 2.57 bits per heavy atom. The lowest BCUT2D eigenvalue weighted by atomic mass is 10.0. The van der Waals surface area contributed by atoms with Gasteiger partial charge in [0.15, 0.2) is 0 Å². The van der Waals surface area contributed by atoms with E-state index >= 15 is 0 Å². The van der Waals surface area contributed by atoms with Crippen LogP contribution in [0.3, 0.4) is 0 Å². The zero-order valence-corrected chi connectivity index (χ0v) is 9.93. The Labute approximate surface area is 91.7 Å². The molecule has 0 aliphatic heterocycles. The van der Waals surface area contributed by atoms with E-state index in [1.807, 2.05) is 12.1 Å². The number of benzene rings is 1. The van der Waals surface area contributed by atoms with Crippen LogP contribution in [0.25, 0.3) is 0 Å². The number of nitrogens with zero attached hydrogens (tertiary/aromatic N) is 1. The van der Waals surface area contributed by atoms with Crippen molar-refractivity contribution in [2.24, 2.45) is 0 Å². The normalized spacial score (nSPS) is 10.9. The summed E-state index contributed by atoms with van der Waals surface area (Å²) in [6, 6.07) is 6.10. The highest BCUT2D eigenvalue weighted by atomic mass is 35.5. The molecular weight excluding hydrogens is 194 g/mol. The molecular formula is C12H18ClN. The van der Waals surface area contributed by atoms with Crippen molar-refractivity contribution in [2.45, 2.75) is 19.8 Å². The number of rotatable bonds is 4. The van der Waals surface area contributed by atoms with Crippen LogP contribution in [0.1, 0.15) is 17.5 Å². The smallest absolute Gasteiger partial charge is 0.0440 e. The Bertz CT molecular complexity index is 274. The van der Waals surface area contributed by atoms with E-state index in [1.165, 1.54) is 11.1 Å². The van der Waals surface area contributed by atoms with Crippen molar-refractivity contribution in [3.05, 3.63) is 34.3 Å². The second-order valence-corrected chi connectivity index (χ2v) is 4.35. The average Bonchev–Trinajstić information content (AvgIpc) is 2.09. The molecule has 0 N–H and O–H groups in total. The van der Waals surface area contributed by atoms with Gasteiger partial charge in [-0.1, -0.05) is 23.7 Å². The first kappa shape index (κ1) is 11.5. The van der Waals surface area contributed by atoms with E-state index in [0.29, 0.717) is 0 Å². The maximum atomic E-state index is 6.13. The van der Waals surface area contributed by atoms with Gasteiger partial charge < -0.3 is 4.90 Å². The predicted molar refractivity (Wildman–Crippen MR) is 63.1 cm³/mol. The summed E-state index contributed by atoms with van der Waals surface area (Å²) < 4.78 is 0. The van der Waals surface area contributed by atoms with Crippen molar-refractivity contribution in [3.63, 3.8) is 0 Å². The number of hydrogen-bond acceptors (Lipinski definition) is 1. The first-order chi connectivity index (χ1) is 6.61. The quantitative estimate of drug-likeness (QED) is 0.740. The van der Waals surface area contributed by atoms with Crippen LogP contribution in [-0.2, 0) is 6.42 Å². The van der Waals surface area contributed by atoms with Crippen molar-refractivity contribution in [1.29, 1.82) is 0 Å². The fourth-order valence-corrected chi connectivity index (χ4v) is 1.87. The molecule has 1 aromatic carbocycles. The van der Waals surface area contributed by atoms with E-state index in [-0.39, 0.29) is 0 Å². The monoisotopic (exact) mass is 211 g/mol. The maximum absolute atomic E-state index is 6.13. The van der Waals surface area contributed by atoms with E-state index in [9.17, 15) is 0 Å². The largest absolute Gasteiger partial charge is 0.309 e. The summed E-state index contributed by atoms with van der Waals surface area (Å²) in [4.78, 5) is 2.20. The third kappa shape index (κ3) is 3.32. The fourth-order valence-electron chi connectivity index (χ4n) is 1.56. The molecule has 0 atom stereocenters. The summed E-state index contributed by atoms with van der Waals surface area (Å²) >= 11 is 6.13. The lowest BCUT2D eigenvalue weighted by molar-refractivity contribution is 0.400. The summed E-state index contributed by atoms with van der Waals surface area (Å²) in [6.45, 7) is 3.24. The highest BCUT2D eigenvalue weighted by Gasteiger charge is 2.03. The minimum Gasteiger partial charge on any atom is -0.309 e. The van der Waals surface area contributed by atoms with Crippen LogP contribution in [0.15, 0.2) is 18.2 Å². The van der Waals surface area contributed by atoms with Crippen LogP contribution in [0.4, 0.5) is 0 Å². The van der Waals surface area contributed by atoms with Gasteiger partial charge in [0.2, 0.25) is 0 Å². The van der Waals surface area contributed by atoms with Gasteiger partial charge in [0.25, 0.3) is 0 Å². The topological polar surface area (TPSA) is 3.24 Å². The summed E-state index contributed by atoms with van der Waals surface area (Å²) in [6.07, 6.45) is 2.24. The summed E-state index contributed by atoms with van der Waals surface area (Å²) in [5.74, 6) is 0. The highest BCUT2D eigenvalue weighted by molar-refractivity contribution is 6.31. The third-order valence-corrected chi connectivity index (χ3v) is 2.74. The molecule has 0 fully saturated rings. The summed E-state index contributed by atoms with van der Waals surface area (Å²) in [7, 11) is 4.19. The average molecular weight is 212 g/mol. The second kappa shape index (κ2) is 5.38. The first-order valence-electron chi connectivity index (χ1n) is 5.00. The zero-order valence-electron chi connectivity index (χ0n) is 9.18. The molecule has 0 saturated heterocycles. The van der Waals surface area contributed by atoms with Gasteiger partial charge in [0.1, 0.15) is 0 Å². The molecule has 1 nitrogen and oxygen atoms in total. The van der Waals surface area contributed by atoms with Gasteiger partial charge in [-0.15, -0.1) is 0 Å². The molecule has 0 aliphatic carbocycles. The Morgan fingerprint density at radius 2 is 2.00 bits per heavy atom. The van der Waals surface area contributed by atoms with Gasteiger partial charge in [-0.3, -0.25) is 0 Å². The predicted octanol–water partition coefficient (Wildman–Crippen LogP) is 3.14. The molecule has 2 heteroatoms. The Kier molecular flexibility index (Phi) is 4.43. The van der Waals surface area contributed by atoms with Crippen LogP contribution in [0, 0.1) is 6.92 Å². The van der Waals surface area contributed by atoms with Gasteiger partial charge in [0, 0.05) is 5.02 Å². The van der Waals surface area contributed by atoms with Crippen LogP contribution < -0.4 is 0 Å². The van der Waals surface area contributed by atoms with Crippen LogP contribution in [0.5, 0.6) is 0 Å². The molecule has 1 rings (SSSR count). The van der Waals surface area contributed by atoms with Crippen molar-refractivity contribution < 1.29 is 0 Å². The molecule has 78 valence electrons. The summed E-state index contributed by atoms with van der Waals surface area (Å²) in [5.41, 5.74) is 2.60. The third-order valence-electron chi connectivity index (χ3n) is 2.39. The van der Waals surface area contributed by atoms with Crippen LogP contribution >= 0.6 is 11.6 Å². The van der Waals surface area contributed by atoms with E-state index < -0.39 is 0 Å². The number of hydrogen-bond donors (Lipinski definition) is 0. The molecule has 0 spiro atoms. The van der Waals surface area contributed by atoms with E-state index in [1.54, 1.807) is 0 Å². The first-order valence-corrected chi connectivity index (χ1v) is 5.38. The maximum Gasteiger partial charge on any atom is 0.0440 e. The second-order valence-electron chi connectivity index (χ2n) is 3.94. The highest BCUT2D eigenvalue weighted by Crippen LogP contribution is 2.20. The van der Waals surface area contributed by atoms with E-state index in [2.05, 4.69) is 32.0 Å². The standard InChI is InChI=1S/C12H18ClN/c1-10-6-4-8-12(13)11(10)7-5-9-14(2)3/h4,6,8H,5,7,9H2,1-3H3. The van der Waals surface area contributed by atoms with Crippen molar-refractivity contribution in [1.82, 2.24) is 4.90 Å². The lowest BCUT2D eigenvalue weighted by Gasteiger charge is -2.11. The minimum atomic E-state index is 0.906. The zero-order chi connectivity index (χ0) is 10.6. The number of halogens is 1. The molecule has 0 aliphatic rings. The number of aryl methyl sites for hydroxylation is 1. The molecule has 1 aromatic rings. The van der Waals surface area contributed by atoms with Gasteiger partial charge in [-0.25, -0.2) is 0 Å². The van der Waals surface area contributed by atoms with Gasteiger partial charge in [-0.05, 0) is 57.6 Å². The van der Waals surface area contributed by atoms with Crippen molar-refractivity contribution in [3.8, 4) is 0 Å². The Hall–Kier alpha value is -0.530. The van der Waals surface area contributed by atoms with E-state index in [0.717, 1.165) is 24.4 Å². The van der Waals surface area contributed by atoms with Gasteiger partial charge in [-0.2, -0.15) is 0 Å². The van der Waals surface area contributed by atoms with Gasteiger partial charge >= 0.3 is 0 Å². The molecule has 0 radical (unpaired) electrons. The Morgan fingerprint density at radius 1 is 1.29 bits per heavy atom. The van der Waals surface area contributed by atoms with Crippen LogP contribution in [0.2, 0.25) is 5.02 Å². The molecule has 0 bridgehead atoms. The van der Waals surface area contributed by atoms with Crippen molar-refractivity contribution in [2.75, 3.05) is 20.6 Å². The molecule has 0 amide bonds. The van der Waals surface area contributed by atoms with E-state index in [4.69, 9.17) is 11.6 Å². The fraction of sp³-hybridized carbons (Fsp3) is 0.500. The van der Waals surface area contributed by atoms with Crippen LogP contribution in [-0.4, -0.2) is 25.5 Å². The van der Waals surface area contributed by atoms with Gasteiger partial charge in [0.05, 0.1) is 0 Å². The molecule has 14 heavy (non-hydrogen) atoms. The summed E-state index contributed by atoms with van der Waals surface area (Å²) in [5, 5.41) is 0.906. The van der Waals surface area contributed by atoms with Crippen molar-refractivity contribution >= 4 is 11.6 Å².